The van der Waals surface area contributed by atoms with Crippen molar-refractivity contribution in [1.29, 1.82) is 0 Å². The number of rotatable bonds is 4. The molecule has 0 bridgehead atoms. The van der Waals surface area contributed by atoms with E-state index in [0.717, 1.165) is 12.1 Å². The minimum Gasteiger partial charge on any atom is -0.480 e. The summed E-state index contributed by atoms with van der Waals surface area (Å²) in [4.78, 5) is 10.6. The summed E-state index contributed by atoms with van der Waals surface area (Å²) in [6.45, 7) is 3.17. The molecule has 6 heteroatoms. The molecule has 1 aromatic carbocycles. The van der Waals surface area contributed by atoms with Gasteiger partial charge in [0, 0.05) is 6.04 Å². The van der Waals surface area contributed by atoms with Crippen LogP contribution in [0.5, 0.6) is 0 Å². The molecule has 0 saturated heterocycles. The molecule has 0 saturated carbocycles. The van der Waals surface area contributed by atoms with E-state index < -0.39 is 23.8 Å². The molecule has 0 heterocycles. The summed E-state index contributed by atoms with van der Waals surface area (Å²) in [5, 5.41) is 11.5. The van der Waals surface area contributed by atoms with Crippen molar-refractivity contribution >= 4 is 5.97 Å². The maximum atomic E-state index is 12.3. The Morgan fingerprint density at radius 1 is 1.22 bits per heavy atom. The molecule has 0 spiro atoms. The van der Waals surface area contributed by atoms with Crippen LogP contribution in [0, 0.1) is 0 Å². The molecule has 1 aromatic rings. The molecule has 0 radical (unpaired) electrons. The van der Waals surface area contributed by atoms with Gasteiger partial charge in [-0.2, -0.15) is 13.2 Å². The first-order valence-corrected chi connectivity index (χ1v) is 5.38. The fourth-order valence-corrected chi connectivity index (χ4v) is 1.50. The van der Waals surface area contributed by atoms with Crippen LogP contribution < -0.4 is 5.32 Å². The Morgan fingerprint density at radius 2 is 1.72 bits per heavy atom. The summed E-state index contributed by atoms with van der Waals surface area (Å²) in [6.07, 6.45) is -4.36. The zero-order chi connectivity index (χ0) is 13.9. The molecule has 2 N–H and O–H groups in total. The Morgan fingerprint density at radius 3 is 2.11 bits per heavy atom. The van der Waals surface area contributed by atoms with Crippen molar-refractivity contribution in [1.82, 2.24) is 5.32 Å². The second kappa shape index (κ2) is 5.39. The highest BCUT2D eigenvalue weighted by Gasteiger charge is 2.30. The lowest BCUT2D eigenvalue weighted by Gasteiger charge is -2.18. The normalized spacial score (nSPS) is 15.2. The number of carbonyl (C=O) groups is 1. The summed E-state index contributed by atoms with van der Waals surface area (Å²) in [5.41, 5.74) is -0.110. The minimum atomic E-state index is -4.36. The molecule has 18 heavy (non-hydrogen) atoms. The molecule has 2 unspecified atom stereocenters. The van der Waals surface area contributed by atoms with E-state index in [-0.39, 0.29) is 6.04 Å². The maximum Gasteiger partial charge on any atom is 0.416 e. The van der Waals surface area contributed by atoms with Crippen LogP contribution in [0.25, 0.3) is 0 Å². The summed E-state index contributed by atoms with van der Waals surface area (Å²) >= 11 is 0. The first-order chi connectivity index (χ1) is 8.21. The zero-order valence-electron chi connectivity index (χ0n) is 9.95. The van der Waals surface area contributed by atoms with Gasteiger partial charge in [-0.05, 0) is 31.5 Å². The van der Waals surface area contributed by atoms with Crippen LogP contribution in [0.3, 0.4) is 0 Å². The summed E-state index contributed by atoms with van der Waals surface area (Å²) in [7, 11) is 0. The lowest BCUT2D eigenvalue weighted by molar-refractivity contribution is -0.139. The molecule has 1 rings (SSSR count). The van der Waals surface area contributed by atoms with Gasteiger partial charge in [0.15, 0.2) is 0 Å². The van der Waals surface area contributed by atoms with Gasteiger partial charge < -0.3 is 5.11 Å². The number of carboxylic acid groups (broad SMARTS) is 1. The minimum absolute atomic E-state index is 0.335. The summed E-state index contributed by atoms with van der Waals surface area (Å²) in [6, 6.07) is 3.56. The van der Waals surface area contributed by atoms with E-state index in [9.17, 15) is 18.0 Å². The van der Waals surface area contributed by atoms with Crippen LogP contribution in [-0.2, 0) is 11.0 Å². The van der Waals surface area contributed by atoms with E-state index in [1.807, 2.05) is 0 Å². The van der Waals surface area contributed by atoms with Gasteiger partial charge in [-0.1, -0.05) is 12.1 Å². The smallest absolute Gasteiger partial charge is 0.416 e. The Kier molecular flexibility index (Phi) is 4.34. The van der Waals surface area contributed by atoms with Crippen LogP contribution in [0.4, 0.5) is 13.2 Å². The van der Waals surface area contributed by atoms with Crippen molar-refractivity contribution in [2.75, 3.05) is 0 Å². The molecule has 0 aliphatic heterocycles. The van der Waals surface area contributed by atoms with Gasteiger partial charge in [-0.3, -0.25) is 10.1 Å². The number of hydrogen-bond donors (Lipinski definition) is 2. The van der Waals surface area contributed by atoms with Gasteiger partial charge in [0.25, 0.3) is 0 Å². The standard InChI is InChI=1S/C12H14F3NO2/c1-7(16-8(2)11(17)18)9-3-5-10(6-4-9)12(13,14)15/h3-8,16H,1-2H3,(H,17,18). The Hall–Kier alpha value is -1.56. The van der Waals surface area contributed by atoms with E-state index in [2.05, 4.69) is 5.32 Å². The Bertz CT molecular complexity index is 414. The molecule has 0 aromatic heterocycles. The SMILES string of the molecule is CC(NC(C)c1ccc(C(F)(F)F)cc1)C(=O)O. The monoisotopic (exact) mass is 261 g/mol. The van der Waals surface area contributed by atoms with Crippen LogP contribution in [-0.4, -0.2) is 17.1 Å². The van der Waals surface area contributed by atoms with Gasteiger partial charge in [0.1, 0.15) is 6.04 Å². The lowest BCUT2D eigenvalue weighted by Crippen LogP contribution is -2.35. The third-order valence-electron chi connectivity index (χ3n) is 2.61. The number of alkyl halides is 3. The van der Waals surface area contributed by atoms with Crippen molar-refractivity contribution < 1.29 is 23.1 Å². The van der Waals surface area contributed by atoms with Crippen LogP contribution in [0.2, 0.25) is 0 Å². The highest BCUT2D eigenvalue weighted by atomic mass is 19.4. The van der Waals surface area contributed by atoms with E-state index in [1.54, 1.807) is 6.92 Å². The largest absolute Gasteiger partial charge is 0.480 e. The van der Waals surface area contributed by atoms with E-state index in [0.29, 0.717) is 5.56 Å². The number of nitrogens with one attached hydrogen (secondary N) is 1. The molecular weight excluding hydrogens is 247 g/mol. The molecular formula is C12H14F3NO2. The highest BCUT2D eigenvalue weighted by Crippen LogP contribution is 2.29. The zero-order valence-corrected chi connectivity index (χ0v) is 9.95. The van der Waals surface area contributed by atoms with Crippen LogP contribution in [0.15, 0.2) is 24.3 Å². The van der Waals surface area contributed by atoms with Gasteiger partial charge >= 0.3 is 12.1 Å². The van der Waals surface area contributed by atoms with Gasteiger partial charge in [0.2, 0.25) is 0 Å². The van der Waals surface area contributed by atoms with Crippen molar-refractivity contribution in [2.24, 2.45) is 0 Å². The number of hydrogen-bond acceptors (Lipinski definition) is 2. The summed E-state index contributed by atoms with van der Waals surface area (Å²) < 4.78 is 37.0. The van der Waals surface area contributed by atoms with Crippen LogP contribution in [0.1, 0.15) is 31.0 Å². The van der Waals surface area contributed by atoms with Gasteiger partial charge in [-0.25, -0.2) is 0 Å². The topological polar surface area (TPSA) is 49.3 Å². The highest BCUT2D eigenvalue weighted by molar-refractivity contribution is 5.72. The second-order valence-electron chi connectivity index (χ2n) is 4.07. The Labute approximate surface area is 103 Å². The van der Waals surface area contributed by atoms with Crippen molar-refractivity contribution in [3.63, 3.8) is 0 Å². The van der Waals surface area contributed by atoms with E-state index in [4.69, 9.17) is 5.11 Å². The van der Waals surface area contributed by atoms with Crippen LogP contribution >= 0.6 is 0 Å². The molecule has 3 nitrogen and oxygen atoms in total. The van der Waals surface area contributed by atoms with Crippen molar-refractivity contribution in [3.05, 3.63) is 35.4 Å². The molecule has 0 fully saturated rings. The fraction of sp³-hybridized carbons (Fsp3) is 0.417. The average Bonchev–Trinajstić information content (AvgIpc) is 2.27. The number of aliphatic carboxylic acids is 1. The van der Waals surface area contributed by atoms with E-state index in [1.165, 1.54) is 19.1 Å². The molecule has 100 valence electrons. The second-order valence-corrected chi connectivity index (χ2v) is 4.07. The molecule has 2 atom stereocenters. The molecule has 0 aliphatic carbocycles. The van der Waals surface area contributed by atoms with Gasteiger partial charge in [0.05, 0.1) is 5.56 Å². The lowest BCUT2D eigenvalue weighted by atomic mass is 10.1. The predicted octanol–water partition coefficient (Wildman–Crippen LogP) is 2.83. The number of carboxylic acids is 1. The Balaban J connectivity index is 2.76. The van der Waals surface area contributed by atoms with Crippen molar-refractivity contribution in [2.45, 2.75) is 32.1 Å². The molecule has 0 amide bonds. The first kappa shape index (κ1) is 14.5. The third-order valence-corrected chi connectivity index (χ3v) is 2.61. The van der Waals surface area contributed by atoms with Crippen molar-refractivity contribution in [3.8, 4) is 0 Å². The first-order valence-electron chi connectivity index (χ1n) is 5.38. The summed E-state index contributed by atoms with van der Waals surface area (Å²) in [5.74, 6) is -1.01. The third kappa shape index (κ3) is 3.73. The van der Waals surface area contributed by atoms with Gasteiger partial charge in [-0.15, -0.1) is 0 Å². The number of halogens is 3. The average molecular weight is 261 g/mol. The molecule has 0 aliphatic rings. The number of benzene rings is 1. The predicted molar refractivity (Wildman–Crippen MR) is 60.1 cm³/mol. The fourth-order valence-electron chi connectivity index (χ4n) is 1.50. The van der Waals surface area contributed by atoms with E-state index >= 15 is 0 Å². The maximum absolute atomic E-state index is 12.3. The quantitative estimate of drug-likeness (QED) is 0.876.